The van der Waals surface area contributed by atoms with Crippen LogP contribution >= 0.6 is 15.9 Å². The van der Waals surface area contributed by atoms with Crippen LogP contribution in [0.5, 0.6) is 11.5 Å². The molecule has 0 saturated carbocycles. The molecule has 0 saturated heterocycles. The monoisotopic (exact) mass is 652 g/mol. The maximum atomic E-state index is 16.3. The first-order valence-electron chi connectivity index (χ1n) is 13.6. The Morgan fingerprint density at radius 3 is 1.79 bits per heavy atom. The topological polar surface area (TPSA) is 52.1 Å². The van der Waals surface area contributed by atoms with Gasteiger partial charge in [-0.05, 0) is 79.9 Å². The van der Waals surface area contributed by atoms with Gasteiger partial charge in [0, 0.05) is 10.0 Å². The van der Waals surface area contributed by atoms with Crippen LogP contribution in [-0.2, 0) is 15.9 Å². The van der Waals surface area contributed by atoms with E-state index in [0.717, 1.165) is 22.8 Å². The van der Waals surface area contributed by atoms with E-state index in [1.165, 1.54) is 32.9 Å². The summed E-state index contributed by atoms with van der Waals surface area (Å²) in [5, 5.41) is 3.42. The van der Waals surface area contributed by atoms with Crippen LogP contribution in [0.15, 0.2) is 107 Å². The maximum absolute atomic E-state index is 16.3. The lowest BCUT2D eigenvalue weighted by Crippen LogP contribution is -2.64. The molecule has 0 aromatic heterocycles. The molecule has 1 aliphatic heterocycles. The first-order valence-corrected chi connectivity index (χ1v) is 14.4. The summed E-state index contributed by atoms with van der Waals surface area (Å²) in [6.45, 7) is 3.83. The van der Waals surface area contributed by atoms with Crippen LogP contribution in [0.1, 0.15) is 43.0 Å². The van der Waals surface area contributed by atoms with Crippen molar-refractivity contribution in [3.05, 3.63) is 130 Å². The summed E-state index contributed by atoms with van der Waals surface area (Å²) in [5.41, 5.74) is -3.62. The summed E-state index contributed by atoms with van der Waals surface area (Å²) < 4.78 is 65.3. The van der Waals surface area contributed by atoms with Crippen LogP contribution in [0.4, 0.5) is 13.2 Å². The molecule has 0 amide bonds. The zero-order valence-electron chi connectivity index (χ0n) is 24.4. The van der Waals surface area contributed by atoms with Gasteiger partial charge in [0.2, 0.25) is 5.60 Å². The van der Waals surface area contributed by atoms with Crippen LogP contribution < -0.4 is 14.8 Å². The highest BCUT2D eigenvalue weighted by molar-refractivity contribution is 9.10. The standard InChI is InChI=1S/C34H32BrF3N2O3/c1-31(2)34(37,38)32(3,28-21-25(35)15-20-29(28)36)43-30(39-31)40-33(22-9-7-6-8-10-22,23-11-16-26(41-4)17-12-23)24-13-18-27(42-5)19-14-24/h6-21H,1-5H3,(H,39,40)/t32-/m1/s1. The zero-order valence-corrected chi connectivity index (χ0v) is 26.0. The van der Waals surface area contributed by atoms with Gasteiger partial charge in [-0.15, -0.1) is 0 Å². The Balaban J connectivity index is 1.76. The third-order valence-electron chi connectivity index (χ3n) is 8.04. The quantitative estimate of drug-likeness (QED) is 0.205. The number of alkyl halides is 2. The Kier molecular flexibility index (Phi) is 7.98. The molecule has 224 valence electrons. The molecule has 0 radical (unpaired) electrons. The van der Waals surface area contributed by atoms with Gasteiger partial charge in [0.25, 0.3) is 6.02 Å². The number of ether oxygens (including phenoxy) is 3. The highest BCUT2D eigenvalue weighted by Crippen LogP contribution is 2.52. The van der Waals surface area contributed by atoms with Gasteiger partial charge in [-0.1, -0.05) is 70.5 Å². The fourth-order valence-electron chi connectivity index (χ4n) is 5.58. The van der Waals surface area contributed by atoms with Crippen LogP contribution in [0.25, 0.3) is 0 Å². The number of amidine groups is 1. The second kappa shape index (κ2) is 11.3. The van der Waals surface area contributed by atoms with Crippen molar-refractivity contribution < 1.29 is 27.4 Å². The van der Waals surface area contributed by atoms with Gasteiger partial charge >= 0.3 is 5.92 Å². The number of nitrogens with one attached hydrogen (secondary N) is 1. The molecule has 4 aromatic rings. The van der Waals surface area contributed by atoms with Crippen molar-refractivity contribution in [3.63, 3.8) is 0 Å². The van der Waals surface area contributed by atoms with E-state index in [9.17, 15) is 0 Å². The average Bonchev–Trinajstić information content (AvgIpc) is 3.00. The normalized spacial score (nSPS) is 19.1. The molecule has 1 atom stereocenters. The molecule has 1 N–H and O–H groups in total. The molecule has 5 nitrogen and oxygen atoms in total. The second-order valence-electron chi connectivity index (χ2n) is 11.0. The van der Waals surface area contributed by atoms with Gasteiger partial charge in [0.1, 0.15) is 28.4 Å². The highest BCUT2D eigenvalue weighted by atomic mass is 79.9. The Hall–Kier alpha value is -3.98. The third-order valence-corrected chi connectivity index (χ3v) is 8.53. The van der Waals surface area contributed by atoms with E-state index < -0.39 is 28.4 Å². The highest BCUT2D eigenvalue weighted by Gasteiger charge is 2.67. The van der Waals surface area contributed by atoms with Gasteiger partial charge in [-0.3, -0.25) is 0 Å². The maximum Gasteiger partial charge on any atom is 0.315 e. The minimum absolute atomic E-state index is 0.173. The molecule has 0 unspecified atom stereocenters. The molecular weight excluding hydrogens is 621 g/mol. The largest absolute Gasteiger partial charge is 0.497 e. The molecule has 43 heavy (non-hydrogen) atoms. The summed E-state index contributed by atoms with van der Waals surface area (Å²) in [6, 6.07) is 28.1. The summed E-state index contributed by atoms with van der Waals surface area (Å²) in [4.78, 5) is 4.42. The van der Waals surface area contributed by atoms with Crippen molar-refractivity contribution >= 4 is 22.0 Å². The van der Waals surface area contributed by atoms with Crippen LogP contribution in [0.2, 0.25) is 0 Å². The Bertz CT molecular complexity index is 1580. The van der Waals surface area contributed by atoms with Crippen molar-refractivity contribution in [2.75, 3.05) is 14.2 Å². The molecule has 1 heterocycles. The smallest absolute Gasteiger partial charge is 0.315 e. The molecule has 0 bridgehead atoms. The number of rotatable bonds is 7. The first kappa shape index (κ1) is 30.5. The summed E-state index contributed by atoms with van der Waals surface area (Å²) in [7, 11) is 3.16. The molecule has 9 heteroatoms. The fourth-order valence-corrected chi connectivity index (χ4v) is 5.94. The van der Waals surface area contributed by atoms with Gasteiger partial charge in [0.05, 0.1) is 14.2 Å². The Morgan fingerprint density at radius 1 is 0.767 bits per heavy atom. The molecule has 0 fully saturated rings. The van der Waals surface area contributed by atoms with Crippen LogP contribution in [0, 0.1) is 5.82 Å². The predicted octanol–water partition coefficient (Wildman–Crippen LogP) is 8.20. The number of hydrogen-bond donors (Lipinski definition) is 1. The first-order chi connectivity index (χ1) is 20.4. The van der Waals surface area contributed by atoms with Crippen molar-refractivity contribution in [1.82, 2.24) is 5.32 Å². The van der Waals surface area contributed by atoms with Crippen LogP contribution in [0.3, 0.4) is 0 Å². The lowest BCUT2D eigenvalue weighted by molar-refractivity contribution is -0.217. The minimum atomic E-state index is -3.61. The van der Waals surface area contributed by atoms with E-state index >= 15 is 13.2 Å². The molecule has 4 aromatic carbocycles. The van der Waals surface area contributed by atoms with Crippen molar-refractivity contribution in [3.8, 4) is 11.5 Å². The van der Waals surface area contributed by atoms with E-state index in [2.05, 4.69) is 26.2 Å². The Morgan fingerprint density at radius 2 is 1.28 bits per heavy atom. The molecule has 0 aliphatic carbocycles. The van der Waals surface area contributed by atoms with E-state index in [1.807, 2.05) is 78.9 Å². The van der Waals surface area contributed by atoms with Crippen molar-refractivity contribution in [2.45, 2.75) is 43.4 Å². The predicted molar refractivity (Wildman–Crippen MR) is 164 cm³/mol. The molecule has 0 spiro atoms. The number of methoxy groups -OCH3 is 2. The minimum Gasteiger partial charge on any atom is -0.497 e. The second-order valence-corrected chi connectivity index (χ2v) is 11.9. The van der Waals surface area contributed by atoms with Crippen molar-refractivity contribution in [1.29, 1.82) is 0 Å². The van der Waals surface area contributed by atoms with Gasteiger partial charge < -0.3 is 19.5 Å². The Labute approximate surface area is 257 Å². The number of nitrogens with zero attached hydrogens (tertiary/aromatic N) is 1. The van der Waals surface area contributed by atoms with E-state index in [0.29, 0.717) is 16.0 Å². The third kappa shape index (κ3) is 5.13. The lowest BCUT2D eigenvalue weighted by atomic mass is 9.76. The number of aliphatic imine (C=N–C) groups is 1. The van der Waals surface area contributed by atoms with Gasteiger partial charge in [-0.2, -0.15) is 8.78 Å². The SMILES string of the molecule is COc1ccc(C(NC2=NC(C)(C)C(F)(F)[C@@](C)(c3cc(Br)ccc3F)O2)(c2ccccc2)c2ccc(OC)cc2)cc1. The summed E-state index contributed by atoms with van der Waals surface area (Å²) >= 11 is 3.30. The van der Waals surface area contributed by atoms with Gasteiger partial charge in [-0.25, -0.2) is 9.38 Å². The molecule has 5 rings (SSSR count). The van der Waals surface area contributed by atoms with Crippen LogP contribution in [-0.4, -0.2) is 31.7 Å². The fraction of sp³-hybridized carbons (Fsp3) is 0.265. The van der Waals surface area contributed by atoms with Gasteiger partial charge in [0.15, 0.2) is 0 Å². The zero-order chi connectivity index (χ0) is 31.0. The lowest BCUT2D eigenvalue weighted by Gasteiger charge is -2.49. The van der Waals surface area contributed by atoms with E-state index in [4.69, 9.17) is 14.2 Å². The molecular formula is C34H32BrF3N2O3. The average molecular weight is 654 g/mol. The molecule has 1 aliphatic rings. The van der Waals surface area contributed by atoms with E-state index in [-0.39, 0.29) is 11.6 Å². The van der Waals surface area contributed by atoms with E-state index in [1.54, 1.807) is 14.2 Å². The number of halogens is 4. The number of hydrogen-bond acceptors (Lipinski definition) is 5. The van der Waals surface area contributed by atoms with Crippen molar-refractivity contribution in [2.24, 2.45) is 4.99 Å². The summed E-state index contributed by atoms with van der Waals surface area (Å²) in [6.07, 6.45) is 0. The number of benzene rings is 4. The summed E-state index contributed by atoms with van der Waals surface area (Å²) in [5.74, 6) is -3.14.